The Bertz CT molecular complexity index is 751. The number of carbonyl (C=O) groups excluding carboxylic acids is 3. The largest absolute Gasteiger partial charge is 0.462 e. The normalized spacial score (nSPS) is 11.9. The van der Waals surface area contributed by atoms with Crippen LogP contribution in [-0.4, -0.2) is 37.2 Å². The van der Waals surface area contributed by atoms with Gasteiger partial charge in [0.15, 0.2) is 6.10 Å². The number of rotatable bonds is 39. The Morgan fingerprint density at radius 2 is 0.660 bits per heavy atom. The van der Waals surface area contributed by atoms with E-state index in [2.05, 4.69) is 27.7 Å². The van der Waals surface area contributed by atoms with Crippen molar-refractivity contribution in [2.24, 2.45) is 5.92 Å². The molecule has 0 aliphatic heterocycles. The van der Waals surface area contributed by atoms with Gasteiger partial charge >= 0.3 is 17.9 Å². The molecule has 0 spiro atoms. The Labute approximate surface area is 310 Å². The lowest BCUT2D eigenvalue weighted by Crippen LogP contribution is -2.30. The third-order valence-electron chi connectivity index (χ3n) is 9.79. The molecule has 0 N–H and O–H groups in total. The molecule has 0 aliphatic rings. The molecule has 0 aromatic heterocycles. The molecule has 0 saturated carbocycles. The Hall–Kier alpha value is -1.59. The van der Waals surface area contributed by atoms with Gasteiger partial charge in [0.1, 0.15) is 13.2 Å². The van der Waals surface area contributed by atoms with E-state index < -0.39 is 6.10 Å². The number of esters is 3. The molecule has 0 heterocycles. The molecule has 1 atom stereocenters. The van der Waals surface area contributed by atoms with E-state index in [1.165, 1.54) is 128 Å². The highest BCUT2D eigenvalue weighted by molar-refractivity contribution is 5.71. The fourth-order valence-corrected chi connectivity index (χ4v) is 6.45. The fraction of sp³-hybridized carbons (Fsp3) is 0.932. The maximum absolute atomic E-state index is 12.6. The van der Waals surface area contributed by atoms with Gasteiger partial charge in [0.05, 0.1) is 0 Å². The van der Waals surface area contributed by atoms with E-state index in [1.54, 1.807) is 0 Å². The summed E-state index contributed by atoms with van der Waals surface area (Å²) in [6.07, 6.45) is 36.8. The van der Waals surface area contributed by atoms with Gasteiger partial charge in [0.25, 0.3) is 0 Å². The second-order valence-electron chi connectivity index (χ2n) is 15.5. The van der Waals surface area contributed by atoms with Crippen LogP contribution in [0.1, 0.15) is 240 Å². The monoisotopic (exact) mass is 709 g/mol. The van der Waals surface area contributed by atoms with Crippen LogP contribution in [-0.2, 0) is 28.6 Å². The van der Waals surface area contributed by atoms with Crippen LogP contribution in [0.25, 0.3) is 0 Å². The lowest BCUT2D eigenvalue weighted by Gasteiger charge is -2.18. The molecule has 0 aliphatic carbocycles. The van der Waals surface area contributed by atoms with E-state index >= 15 is 0 Å². The number of ether oxygens (including phenoxy) is 3. The second-order valence-corrected chi connectivity index (χ2v) is 15.5. The molecule has 0 radical (unpaired) electrons. The molecule has 0 aromatic rings. The highest BCUT2D eigenvalue weighted by atomic mass is 16.6. The van der Waals surface area contributed by atoms with Crippen molar-refractivity contribution >= 4 is 17.9 Å². The van der Waals surface area contributed by atoms with Gasteiger partial charge < -0.3 is 14.2 Å². The van der Waals surface area contributed by atoms with Gasteiger partial charge in [0.2, 0.25) is 0 Å². The van der Waals surface area contributed by atoms with Crippen molar-refractivity contribution in [3.8, 4) is 0 Å². The maximum Gasteiger partial charge on any atom is 0.306 e. The zero-order chi connectivity index (χ0) is 36.8. The minimum Gasteiger partial charge on any atom is -0.462 e. The summed E-state index contributed by atoms with van der Waals surface area (Å²) in [6.45, 7) is 8.91. The molecule has 0 bridgehead atoms. The first-order valence-corrected chi connectivity index (χ1v) is 21.9. The van der Waals surface area contributed by atoms with E-state index in [9.17, 15) is 14.4 Å². The summed E-state index contributed by atoms with van der Waals surface area (Å²) < 4.78 is 16.6. The summed E-state index contributed by atoms with van der Waals surface area (Å²) in [5.74, 6) is -0.0365. The van der Waals surface area contributed by atoms with Gasteiger partial charge in [-0.2, -0.15) is 0 Å². The van der Waals surface area contributed by atoms with Crippen LogP contribution in [0.4, 0.5) is 0 Å². The molecule has 0 fully saturated rings. The first-order valence-electron chi connectivity index (χ1n) is 21.9. The van der Waals surface area contributed by atoms with E-state index in [-0.39, 0.29) is 31.1 Å². The topological polar surface area (TPSA) is 78.9 Å². The molecule has 0 amide bonds. The maximum atomic E-state index is 12.6. The van der Waals surface area contributed by atoms with Gasteiger partial charge in [-0.25, -0.2) is 0 Å². The van der Waals surface area contributed by atoms with Crippen LogP contribution >= 0.6 is 0 Å². The van der Waals surface area contributed by atoms with Crippen LogP contribution in [0.5, 0.6) is 0 Å². The first-order chi connectivity index (χ1) is 24.4. The molecule has 0 aromatic carbocycles. The average Bonchev–Trinajstić information content (AvgIpc) is 3.09. The summed E-state index contributed by atoms with van der Waals surface area (Å²) in [4.78, 5) is 37.4. The first kappa shape index (κ1) is 48.4. The van der Waals surface area contributed by atoms with Gasteiger partial charge in [-0.1, -0.05) is 201 Å². The number of hydrogen-bond donors (Lipinski definition) is 0. The Morgan fingerprint density at radius 1 is 0.380 bits per heavy atom. The minimum atomic E-state index is -0.757. The Kier molecular flexibility index (Phi) is 37.4. The van der Waals surface area contributed by atoms with Gasteiger partial charge in [-0.05, 0) is 25.2 Å². The van der Waals surface area contributed by atoms with Crippen LogP contribution in [0.2, 0.25) is 0 Å². The van der Waals surface area contributed by atoms with Crippen molar-refractivity contribution in [3.05, 3.63) is 0 Å². The fourth-order valence-electron chi connectivity index (χ4n) is 6.45. The van der Waals surface area contributed by atoms with Crippen molar-refractivity contribution in [1.29, 1.82) is 0 Å². The summed E-state index contributed by atoms with van der Waals surface area (Å²) >= 11 is 0. The SMILES string of the molecule is CCCCCCCCCCCCCCC(=O)O[C@H](COC(=O)CCCCCCC)COC(=O)CCCCCCCCCCCCCCC(C)C. The van der Waals surface area contributed by atoms with Crippen LogP contribution in [0.3, 0.4) is 0 Å². The number of carbonyl (C=O) groups is 3. The van der Waals surface area contributed by atoms with E-state index in [0.717, 1.165) is 70.1 Å². The Morgan fingerprint density at radius 3 is 0.980 bits per heavy atom. The van der Waals surface area contributed by atoms with Crippen molar-refractivity contribution in [2.75, 3.05) is 13.2 Å². The predicted molar refractivity (Wildman–Crippen MR) is 210 cm³/mol. The predicted octanol–water partition coefficient (Wildman–Crippen LogP) is 13.6. The van der Waals surface area contributed by atoms with E-state index in [0.29, 0.717) is 19.3 Å². The quantitative estimate of drug-likeness (QED) is 0.0359. The van der Waals surface area contributed by atoms with Gasteiger partial charge in [-0.15, -0.1) is 0 Å². The molecule has 0 unspecified atom stereocenters. The molecular weight excluding hydrogens is 624 g/mol. The van der Waals surface area contributed by atoms with Crippen molar-refractivity contribution < 1.29 is 28.6 Å². The molecule has 296 valence electrons. The summed E-state index contributed by atoms with van der Waals surface area (Å²) in [5.41, 5.74) is 0. The van der Waals surface area contributed by atoms with Crippen LogP contribution in [0, 0.1) is 5.92 Å². The minimum absolute atomic E-state index is 0.0650. The molecule has 50 heavy (non-hydrogen) atoms. The molecule has 6 nitrogen and oxygen atoms in total. The van der Waals surface area contributed by atoms with Crippen LogP contribution < -0.4 is 0 Å². The average molecular weight is 709 g/mol. The van der Waals surface area contributed by atoms with E-state index in [1.807, 2.05) is 0 Å². The lowest BCUT2D eigenvalue weighted by atomic mass is 10.0. The Balaban J connectivity index is 4.19. The standard InChI is InChI=1S/C44H84O6/c1-5-7-9-11-12-13-14-18-22-25-29-33-37-44(47)50-41(38-48-42(45)35-31-26-10-8-6-2)39-49-43(46)36-32-28-24-21-19-16-15-17-20-23-27-30-34-40(3)4/h40-41H,5-39H2,1-4H3/t41-/m1/s1. The number of unbranched alkanes of at least 4 members (excludes halogenated alkanes) is 26. The third kappa shape index (κ3) is 37.7. The molecular formula is C44H84O6. The van der Waals surface area contributed by atoms with Gasteiger partial charge in [0, 0.05) is 19.3 Å². The highest BCUT2D eigenvalue weighted by Crippen LogP contribution is 2.16. The highest BCUT2D eigenvalue weighted by Gasteiger charge is 2.19. The number of hydrogen-bond acceptors (Lipinski definition) is 6. The smallest absolute Gasteiger partial charge is 0.306 e. The zero-order valence-electron chi connectivity index (χ0n) is 33.9. The molecule has 0 rings (SSSR count). The summed E-state index contributed by atoms with van der Waals surface area (Å²) in [7, 11) is 0. The van der Waals surface area contributed by atoms with Crippen molar-refractivity contribution in [2.45, 2.75) is 246 Å². The van der Waals surface area contributed by atoms with Gasteiger partial charge in [-0.3, -0.25) is 14.4 Å². The van der Waals surface area contributed by atoms with Crippen LogP contribution in [0.15, 0.2) is 0 Å². The van der Waals surface area contributed by atoms with Crippen molar-refractivity contribution in [1.82, 2.24) is 0 Å². The summed E-state index contributed by atoms with van der Waals surface area (Å²) in [5, 5.41) is 0. The zero-order valence-corrected chi connectivity index (χ0v) is 33.9. The molecule has 0 saturated heterocycles. The lowest BCUT2D eigenvalue weighted by molar-refractivity contribution is -0.167. The van der Waals surface area contributed by atoms with Crippen molar-refractivity contribution in [3.63, 3.8) is 0 Å². The third-order valence-corrected chi connectivity index (χ3v) is 9.79. The second kappa shape index (κ2) is 38.6. The summed E-state index contributed by atoms with van der Waals surface area (Å²) in [6, 6.07) is 0. The van der Waals surface area contributed by atoms with E-state index in [4.69, 9.17) is 14.2 Å². The molecule has 6 heteroatoms.